The van der Waals surface area contributed by atoms with Crippen LogP contribution < -0.4 is 4.90 Å². The van der Waals surface area contributed by atoms with Gasteiger partial charge in [-0.3, -0.25) is 24.0 Å². The summed E-state index contributed by atoms with van der Waals surface area (Å²) in [7, 11) is 3.86. The van der Waals surface area contributed by atoms with Crippen LogP contribution in [0.4, 0.5) is 18.9 Å². The summed E-state index contributed by atoms with van der Waals surface area (Å²) in [6.45, 7) is 6.75. The van der Waals surface area contributed by atoms with Gasteiger partial charge < -0.3 is 19.7 Å². The fourth-order valence-electron chi connectivity index (χ4n) is 9.09. The van der Waals surface area contributed by atoms with E-state index in [1.165, 1.54) is 6.42 Å². The number of piperidine rings is 1. The molecule has 1 aliphatic carbocycles. The minimum Gasteiger partial charge on any atom is -0.475 e. The molecule has 4 aromatic heterocycles. The van der Waals surface area contributed by atoms with Crippen LogP contribution in [0.2, 0.25) is 0 Å². The molecule has 1 saturated carbocycles. The number of morpholine rings is 1. The Kier molecular flexibility index (Phi) is 9.62. The number of nitriles is 1. The minimum atomic E-state index is -5.08. The van der Waals surface area contributed by atoms with Gasteiger partial charge in [0.25, 0.3) is 0 Å². The topological polar surface area (TPSA) is 161 Å². The van der Waals surface area contributed by atoms with Gasteiger partial charge in [-0.05, 0) is 49.8 Å². The largest absolute Gasteiger partial charge is 0.490 e. The first-order valence-electron chi connectivity index (χ1n) is 18.9. The molecule has 2 saturated heterocycles. The van der Waals surface area contributed by atoms with Gasteiger partial charge in [0, 0.05) is 86.0 Å². The lowest BCUT2D eigenvalue weighted by Gasteiger charge is -2.53. The maximum Gasteiger partial charge on any atom is 0.490 e. The van der Waals surface area contributed by atoms with Gasteiger partial charge in [0.15, 0.2) is 0 Å². The van der Waals surface area contributed by atoms with Gasteiger partial charge in [0.2, 0.25) is 5.91 Å². The zero-order valence-electron chi connectivity index (χ0n) is 31.3. The number of hydrogen-bond acceptors (Lipinski definition) is 9. The summed E-state index contributed by atoms with van der Waals surface area (Å²) in [5.41, 5.74) is 7.15. The molecule has 3 aliphatic heterocycles. The number of amides is 1. The zero-order chi connectivity index (χ0) is 39.4. The number of alkyl halides is 3. The normalized spacial score (nSPS) is 19.5. The number of aromatic nitrogens is 6. The quantitative estimate of drug-likeness (QED) is 0.228. The summed E-state index contributed by atoms with van der Waals surface area (Å²) in [6.07, 6.45) is 8.05. The Labute approximate surface area is 320 Å². The first-order chi connectivity index (χ1) is 26.8. The van der Waals surface area contributed by atoms with E-state index < -0.39 is 17.6 Å². The van der Waals surface area contributed by atoms with E-state index in [9.17, 15) is 23.2 Å². The average molecular weight is 773 g/mol. The predicted molar refractivity (Wildman–Crippen MR) is 201 cm³/mol. The Morgan fingerprint density at radius 1 is 1.02 bits per heavy atom. The molecule has 294 valence electrons. The van der Waals surface area contributed by atoms with Crippen LogP contribution in [0.25, 0.3) is 44.3 Å². The number of likely N-dealkylation sites (tertiary alicyclic amines) is 1. The van der Waals surface area contributed by atoms with E-state index >= 15 is 0 Å². The lowest BCUT2D eigenvalue weighted by Crippen LogP contribution is -2.59. The number of aromatic amines is 1. The van der Waals surface area contributed by atoms with Crippen LogP contribution in [0, 0.1) is 11.3 Å². The average Bonchev–Trinajstić information content (AvgIpc) is 3.94. The number of carbonyl (C=O) groups excluding carboxylic acids is 1. The van der Waals surface area contributed by atoms with E-state index in [2.05, 4.69) is 50.3 Å². The first-order valence-corrected chi connectivity index (χ1v) is 18.9. The van der Waals surface area contributed by atoms with Crippen LogP contribution in [0.1, 0.15) is 44.1 Å². The molecule has 56 heavy (non-hydrogen) atoms. The molecule has 14 nitrogen and oxygen atoms in total. The second-order valence-electron chi connectivity index (χ2n) is 15.3. The number of aryl methyl sites for hydroxylation is 1. The number of H-pyrrole nitrogens is 1. The highest BCUT2D eigenvalue weighted by Crippen LogP contribution is 2.55. The fraction of sp³-hybridized carbons (Fsp3) is 0.487. The summed E-state index contributed by atoms with van der Waals surface area (Å²) in [5, 5.41) is 28.2. The molecule has 0 bridgehead atoms. The molecule has 1 amide bonds. The van der Waals surface area contributed by atoms with E-state index in [-0.39, 0.29) is 11.4 Å². The second-order valence-corrected chi connectivity index (χ2v) is 15.3. The molecule has 9 rings (SSSR count). The standard InChI is InChI=1S/C37H42N10O2.C2HF3O2/c1-43-29-23-39-34-31(32(29)37(35(43)48)9-12-46(13-10-37)36(8-11-38)6-3-7-36)30(25-4-5-28-26(20-25)21-40-44(28)2)33(42-34)27-22-41-47(24-27)15-14-45-16-18-49-19-17-45;3-2(4,5)1(6)7/h4-5,20-24H,3,6-10,12-19H2,1-2H3,(H,39,42);(H,6,7). The van der Waals surface area contributed by atoms with Crippen LogP contribution in [-0.4, -0.2) is 121 Å². The highest BCUT2D eigenvalue weighted by atomic mass is 19.4. The Balaban J connectivity index is 0.000000579. The van der Waals surface area contributed by atoms with Crippen molar-refractivity contribution in [3.05, 3.63) is 48.5 Å². The number of carboxylic acid groups (broad SMARTS) is 1. The lowest BCUT2D eigenvalue weighted by atomic mass is 9.68. The summed E-state index contributed by atoms with van der Waals surface area (Å²) in [6, 6.07) is 8.95. The third-order valence-electron chi connectivity index (χ3n) is 12.3. The summed E-state index contributed by atoms with van der Waals surface area (Å²) in [5.74, 6) is -2.61. The highest BCUT2D eigenvalue weighted by molar-refractivity contribution is 6.16. The molecule has 7 heterocycles. The van der Waals surface area contributed by atoms with Gasteiger partial charge in [0.05, 0.1) is 73.2 Å². The molecule has 0 atom stereocenters. The van der Waals surface area contributed by atoms with Gasteiger partial charge >= 0.3 is 12.1 Å². The highest BCUT2D eigenvalue weighted by Gasteiger charge is 2.55. The predicted octanol–water partition coefficient (Wildman–Crippen LogP) is 5.09. The molecule has 5 aromatic rings. The summed E-state index contributed by atoms with van der Waals surface area (Å²) in [4.78, 5) is 38.8. The Morgan fingerprint density at radius 2 is 1.75 bits per heavy atom. The van der Waals surface area contributed by atoms with Crippen molar-refractivity contribution in [3.8, 4) is 28.5 Å². The van der Waals surface area contributed by atoms with Crippen molar-refractivity contribution in [2.24, 2.45) is 7.05 Å². The number of hydrogen-bond donors (Lipinski definition) is 2. The number of rotatable bonds is 7. The number of benzene rings is 1. The maximum atomic E-state index is 14.4. The van der Waals surface area contributed by atoms with Gasteiger partial charge in [-0.1, -0.05) is 6.07 Å². The Morgan fingerprint density at radius 3 is 2.41 bits per heavy atom. The van der Waals surface area contributed by atoms with Crippen molar-refractivity contribution in [3.63, 3.8) is 0 Å². The van der Waals surface area contributed by atoms with Crippen LogP contribution in [0.15, 0.2) is 43.0 Å². The number of nitrogens with one attached hydrogen (secondary N) is 1. The van der Waals surface area contributed by atoms with Crippen molar-refractivity contribution in [2.45, 2.75) is 62.2 Å². The van der Waals surface area contributed by atoms with Gasteiger partial charge in [0.1, 0.15) is 5.65 Å². The molecule has 1 aromatic carbocycles. The molecule has 4 aliphatic rings. The monoisotopic (exact) mass is 772 g/mol. The fourth-order valence-corrected chi connectivity index (χ4v) is 9.09. The number of aliphatic carboxylic acids is 1. The second kappa shape index (κ2) is 14.3. The van der Waals surface area contributed by atoms with E-state index in [0.29, 0.717) is 6.42 Å². The Bertz CT molecular complexity index is 2340. The van der Waals surface area contributed by atoms with E-state index in [0.717, 1.165) is 134 Å². The Hall–Kier alpha value is -5.31. The van der Waals surface area contributed by atoms with Gasteiger partial charge in [-0.15, -0.1) is 0 Å². The number of fused-ring (bicyclic) bond motifs is 5. The number of carbonyl (C=O) groups is 2. The number of nitrogens with zero attached hydrogens (tertiary/aromatic N) is 9. The molecule has 1 spiro atoms. The van der Waals surface area contributed by atoms with Gasteiger partial charge in [-0.25, -0.2) is 9.78 Å². The number of halogens is 3. The molecule has 0 unspecified atom stereocenters. The molecule has 0 radical (unpaired) electrons. The molecule has 2 N–H and O–H groups in total. The molecule has 17 heteroatoms. The number of ether oxygens (including phenoxy) is 1. The summed E-state index contributed by atoms with van der Waals surface area (Å²) >= 11 is 0. The lowest BCUT2D eigenvalue weighted by molar-refractivity contribution is -0.192. The summed E-state index contributed by atoms with van der Waals surface area (Å²) < 4.78 is 41.2. The number of likely N-dealkylation sites (N-methyl/N-ethyl adjacent to an activating group) is 1. The SMILES string of the molecule is CN1C(=O)C2(CCN(C3(CC#N)CCC3)CC2)c2c1cnc1[nH]c(-c3cnn(CCN4CCOCC4)c3)c(-c3ccc4c(cnn4C)c3)c21.O=C(O)C(F)(F)F. The van der Waals surface area contributed by atoms with Crippen LogP contribution >= 0.6 is 0 Å². The van der Waals surface area contributed by atoms with Gasteiger partial charge in [-0.2, -0.15) is 28.6 Å². The third kappa shape index (κ3) is 6.39. The number of anilines is 1. The minimum absolute atomic E-state index is 0.0339. The maximum absolute atomic E-state index is 14.4. The molecular weight excluding hydrogens is 729 g/mol. The van der Waals surface area contributed by atoms with Crippen LogP contribution in [0.5, 0.6) is 0 Å². The number of pyridine rings is 1. The zero-order valence-corrected chi connectivity index (χ0v) is 31.3. The smallest absolute Gasteiger partial charge is 0.475 e. The van der Waals surface area contributed by atoms with E-state index in [1.54, 1.807) is 0 Å². The van der Waals surface area contributed by atoms with Crippen LogP contribution in [0.3, 0.4) is 0 Å². The van der Waals surface area contributed by atoms with Crippen molar-refractivity contribution in [1.29, 1.82) is 5.26 Å². The number of carboxylic acids is 1. The van der Waals surface area contributed by atoms with Crippen molar-refractivity contribution in [1.82, 2.24) is 39.3 Å². The molecule has 3 fully saturated rings. The van der Waals surface area contributed by atoms with Crippen molar-refractivity contribution in [2.75, 3.05) is 57.9 Å². The van der Waals surface area contributed by atoms with Crippen LogP contribution in [-0.2, 0) is 33.3 Å². The van der Waals surface area contributed by atoms with E-state index in [4.69, 9.17) is 24.7 Å². The first kappa shape index (κ1) is 37.6. The van der Waals surface area contributed by atoms with Crippen molar-refractivity contribution >= 4 is 39.5 Å². The molecular formula is C39H43F3N10O4. The third-order valence-corrected chi connectivity index (χ3v) is 12.3. The van der Waals surface area contributed by atoms with E-state index in [1.807, 2.05) is 46.9 Å². The van der Waals surface area contributed by atoms with Crippen molar-refractivity contribution < 1.29 is 32.6 Å².